The molecule has 0 heterocycles. The molecule has 0 unspecified atom stereocenters. The van der Waals surface area contributed by atoms with E-state index in [0.29, 0.717) is 30.5 Å². The van der Waals surface area contributed by atoms with E-state index in [1.807, 2.05) is 0 Å². The zero-order valence-corrected chi connectivity index (χ0v) is 11.6. The van der Waals surface area contributed by atoms with Crippen LogP contribution in [0, 0.1) is 0 Å². The first kappa shape index (κ1) is 18.6. The molecule has 5 N–H and O–H groups in total. The maximum atomic E-state index is 11.5. The van der Waals surface area contributed by atoms with Gasteiger partial charge < -0.3 is 21.2 Å². The molecule has 0 aliphatic rings. The topological polar surface area (TPSA) is 127 Å². The molecule has 0 atom stereocenters. The summed E-state index contributed by atoms with van der Waals surface area (Å²) in [4.78, 5) is 32.4. The predicted octanol–water partition coefficient (Wildman–Crippen LogP) is 1.44. The third kappa shape index (κ3) is 8.38. The Kier molecular flexibility index (Phi) is 9.19. The lowest BCUT2D eigenvalue weighted by Crippen LogP contribution is -2.29. The third-order valence-corrected chi connectivity index (χ3v) is 2.63. The van der Waals surface area contributed by atoms with Gasteiger partial charge in [-0.3, -0.25) is 9.59 Å². The predicted molar refractivity (Wildman–Crippen MR) is 78.6 cm³/mol. The number of benzene rings is 1. The van der Waals surface area contributed by atoms with Crippen molar-refractivity contribution in [3.63, 3.8) is 0 Å². The van der Waals surface area contributed by atoms with Gasteiger partial charge in [0.25, 0.3) is 0 Å². The highest BCUT2D eigenvalue weighted by Gasteiger charge is 2.02. The maximum Gasteiger partial charge on any atom is 0.319 e. The molecule has 116 valence electrons. The van der Waals surface area contributed by atoms with Crippen molar-refractivity contribution < 1.29 is 25.0 Å². The Morgan fingerprint density at radius 3 is 2.62 bits per heavy atom. The number of unbranched alkanes of at least 4 members (excludes halogenated alkanes) is 2. The highest BCUT2D eigenvalue weighted by Crippen LogP contribution is 2.08. The number of aldehydes is 1. The third-order valence-electron chi connectivity index (χ3n) is 2.63. The lowest BCUT2D eigenvalue weighted by molar-refractivity contribution is -0.137. The number of carboxylic acids is 1. The number of carboxylic acid groups (broad SMARTS) is 1. The van der Waals surface area contributed by atoms with Crippen molar-refractivity contribution in [2.75, 3.05) is 11.9 Å². The summed E-state index contributed by atoms with van der Waals surface area (Å²) in [6.07, 6.45) is 2.97. The summed E-state index contributed by atoms with van der Waals surface area (Å²) < 4.78 is 0. The minimum absolute atomic E-state index is 0. The number of anilines is 1. The van der Waals surface area contributed by atoms with Crippen LogP contribution in [-0.4, -0.2) is 35.4 Å². The van der Waals surface area contributed by atoms with Crippen molar-refractivity contribution in [3.8, 4) is 0 Å². The fraction of sp³-hybridized carbons (Fsp3) is 0.357. The van der Waals surface area contributed by atoms with Crippen LogP contribution in [0.15, 0.2) is 24.3 Å². The van der Waals surface area contributed by atoms with Crippen LogP contribution >= 0.6 is 0 Å². The second-order valence-electron chi connectivity index (χ2n) is 4.33. The van der Waals surface area contributed by atoms with Crippen LogP contribution in [0.3, 0.4) is 0 Å². The Morgan fingerprint density at radius 1 is 1.19 bits per heavy atom. The number of carbonyl (C=O) groups excluding carboxylic acids is 2. The van der Waals surface area contributed by atoms with Gasteiger partial charge in [0.1, 0.15) is 6.29 Å². The molecular formula is C14H20N2O5. The normalized spacial score (nSPS) is 9.33. The van der Waals surface area contributed by atoms with Gasteiger partial charge in [0.2, 0.25) is 0 Å². The molecule has 0 radical (unpaired) electrons. The van der Waals surface area contributed by atoms with Gasteiger partial charge >= 0.3 is 12.0 Å². The minimum atomic E-state index is -0.800. The first-order valence-corrected chi connectivity index (χ1v) is 6.43. The van der Waals surface area contributed by atoms with Gasteiger partial charge in [-0.2, -0.15) is 0 Å². The van der Waals surface area contributed by atoms with Gasteiger partial charge in [-0.05, 0) is 25.0 Å². The van der Waals surface area contributed by atoms with E-state index >= 15 is 0 Å². The van der Waals surface area contributed by atoms with Gasteiger partial charge in [-0.15, -0.1) is 0 Å². The monoisotopic (exact) mass is 296 g/mol. The molecule has 21 heavy (non-hydrogen) atoms. The summed E-state index contributed by atoms with van der Waals surface area (Å²) in [6, 6.07) is 6.27. The fourth-order valence-corrected chi connectivity index (χ4v) is 1.64. The first-order valence-electron chi connectivity index (χ1n) is 6.43. The molecule has 7 heteroatoms. The molecule has 1 rings (SSSR count). The standard InChI is InChI=1S/C14H18N2O4.H2O/c17-10-11-5-4-6-12(9-11)16-14(20)15-8-3-1-2-7-13(18)19;/h4-6,9-10H,1-3,7-8H2,(H,18,19)(H2,15,16,20);1H2. The number of aliphatic carboxylic acids is 1. The molecule has 0 spiro atoms. The zero-order chi connectivity index (χ0) is 14.8. The SMILES string of the molecule is O.O=Cc1cccc(NC(=O)NCCCCCC(=O)O)c1. The average molecular weight is 296 g/mol. The van der Waals surface area contributed by atoms with E-state index in [1.54, 1.807) is 24.3 Å². The van der Waals surface area contributed by atoms with Gasteiger partial charge in [0, 0.05) is 24.2 Å². The maximum absolute atomic E-state index is 11.5. The van der Waals surface area contributed by atoms with Gasteiger partial charge in [-0.25, -0.2) is 4.79 Å². The molecular weight excluding hydrogens is 276 g/mol. The molecule has 0 saturated heterocycles. The smallest absolute Gasteiger partial charge is 0.319 e. The molecule has 0 aliphatic heterocycles. The van der Waals surface area contributed by atoms with Crippen LogP contribution in [-0.2, 0) is 4.79 Å². The van der Waals surface area contributed by atoms with Gasteiger partial charge in [0.15, 0.2) is 0 Å². The number of carbonyl (C=O) groups is 3. The zero-order valence-electron chi connectivity index (χ0n) is 11.6. The molecule has 1 aromatic rings. The molecule has 0 bridgehead atoms. The van der Waals surface area contributed by atoms with E-state index in [0.717, 1.165) is 12.8 Å². The average Bonchev–Trinajstić information content (AvgIpc) is 2.42. The van der Waals surface area contributed by atoms with E-state index in [4.69, 9.17) is 5.11 Å². The van der Waals surface area contributed by atoms with Crippen molar-refractivity contribution in [1.82, 2.24) is 5.32 Å². The summed E-state index contributed by atoms with van der Waals surface area (Å²) in [5, 5.41) is 13.8. The fourth-order valence-electron chi connectivity index (χ4n) is 1.64. The summed E-state index contributed by atoms with van der Waals surface area (Å²) in [5.74, 6) is -0.800. The molecule has 0 aliphatic carbocycles. The lowest BCUT2D eigenvalue weighted by Gasteiger charge is -2.07. The Morgan fingerprint density at radius 2 is 1.95 bits per heavy atom. The van der Waals surface area contributed by atoms with Crippen LogP contribution in [0.25, 0.3) is 0 Å². The lowest BCUT2D eigenvalue weighted by atomic mass is 10.2. The molecule has 2 amide bonds. The van der Waals surface area contributed by atoms with E-state index in [1.165, 1.54) is 0 Å². The van der Waals surface area contributed by atoms with Crippen LogP contribution in [0.4, 0.5) is 10.5 Å². The Balaban J connectivity index is 0.00000400. The van der Waals surface area contributed by atoms with Crippen molar-refractivity contribution in [3.05, 3.63) is 29.8 Å². The Labute approximate surface area is 122 Å². The minimum Gasteiger partial charge on any atom is -0.481 e. The number of hydrogen-bond acceptors (Lipinski definition) is 3. The van der Waals surface area contributed by atoms with Crippen molar-refractivity contribution in [1.29, 1.82) is 0 Å². The Hall–Kier alpha value is -2.41. The highest BCUT2D eigenvalue weighted by atomic mass is 16.4. The number of urea groups is 1. The Bertz CT molecular complexity index is 476. The van der Waals surface area contributed by atoms with E-state index < -0.39 is 5.97 Å². The van der Waals surface area contributed by atoms with Crippen molar-refractivity contribution in [2.24, 2.45) is 0 Å². The van der Waals surface area contributed by atoms with Crippen LogP contribution < -0.4 is 10.6 Å². The van der Waals surface area contributed by atoms with Crippen LogP contribution in [0.2, 0.25) is 0 Å². The van der Waals surface area contributed by atoms with E-state index in [9.17, 15) is 14.4 Å². The van der Waals surface area contributed by atoms with Crippen molar-refractivity contribution in [2.45, 2.75) is 25.7 Å². The van der Waals surface area contributed by atoms with Gasteiger partial charge in [0.05, 0.1) is 0 Å². The van der Waals surface area contributed by atoms with Crippen LogP contribution in [0.5, 0.6) is 0 Å². The second kappa shape index (κ2) is 10.4. The quantitative estimate of drug-likeness (QED) is 0.495. The van der Waals surface area contributed by atoms with Gasteiger partial charge in [-0.1, -0.05) is 18.6 Å². The number of amides is 2. The molecule has 1 aromatic carbocycles. The number of hydrogen-bond donors (Lipinski definition) is 3. The molecule has 0 fully saturated rings. The van der Waals surface area contributed by atoms with E-state index in [2.05, 4.69) is 10.6 Å². The summed E-state index contributed by atoms with van der Waals surface area (Å²) >= 11 is 0. The number of nitrogens with one attached hydrogen (secondary N) is 2. The number of rotatable bonds is 8. The second-order valence-corrected chi connectivity index (χ2v) is 4.33. The van der Waals surface area contributed by atoms with Crippen molar-refractivity contribution >= 4 is 24.0 Å². The van der Waals surface area contributed by atoms with Crippen LogP contribution in [0.1, 0.15) is 36.0 Å². The van der Waals surface area contributed by atoms with E-state index in [-0.39, 0.29) is 17.9 Å². The molecule has 0 saturated carbocycles. The summed E-state index contributed by atoms with van der Waals surface area (Å²) in [7, 11) is 0. The largest absolute Gasteiger partial charge is 0.481 e. The summed E-state index contributed by atoms with van der Waals surface area (Å²) in [5.41, 5.74) is 1.05. The molecule has 7 nitrogen and oxygen atoms in total. The summed E-state index contributed by atoms with van der Waals surface area (Å²) in [6.45, 7) is 0.485. The highest BCUT2D eigenvalue weighted by molar-refractivity contribution is 5.90. The first-order chi connectivity index (χ1) is 9.61. The molecule has 0 aromatic heterocycles.